The summed E-state index contributed by atoms with van der Waals surface area (Å²) in [5.74, 6) is -0.887. The van der Waals surface area contributed by atoms with E-state index in [0.29, 0.717) is 5.56 Å². The Balaban J connectivity index is 1.62. The lowest BCUT2D eigenvalue weighted by molar-refractivity contribution is -0.119. The maximum Gasteiger partial charge on any atom is 0.338 e. The number of hydrogen-bond acceptors (Lipinski definition) is 5. The normalized spacial score (nSPS) is 10.6. The predicted octanol–water partition coefficient (Wildman–Crippen LogP) is 3.71. The summed E-state index contributed by atoms with van der Waals surface area (Å²) >= 11 is 1.45. The average Bonchev–Trinajstić information content (AvgIpc) is 3.03. The quantitative estimate of drug-likeness (QED) is 0.735. The number of ether oxygens (including phenoxy) is 1. The third-order valence-corrected chi connectivity index (χ3v) is 4.44. The van der Waals surface area contributed by atoms with Crippen molar-refractivity contribution in [2.45, 2.75) is 13.8 Å². The van der Waals surface area contributed by atoms with E-state index < -0.39 is 5.97 Å². The minimum Gasteiger partial charge on any atom is -0.452 e. The van der Waals surface area contributed by atoms with E-state index in [0.717, 1.165) is 27.0 Å². The van der Waals surface area contributed by atoms with Crippen molar-refractivity contribution in [2.24, 2.45) is 0 Å². The molecule has 1 heterocycles. The third-order valence-electron chi connectivity index (χ3n) is 3.65. The van der Waals surface area contributed by atoms with Crippen LogP contribution in [0.3, 0.4) is 0 Å². The predicted molar refractivity (Wildman–Crippen MR) is 94.4 cm³/mol. The zero-order valence-electron chi connectivity index (χ0n) is 13.3. The molecule has 0 aliphatic rings. The zero-order valence-corrected chi connectivity index (χ0v) is 14.1. The highest BCUT2D eigenvalue weighted by Crippen LogP contribution is 2.20. The lowest BCUT2D eigenvalue weighted by Crippen LogP contribution is -2.21. The van der Waals surface area contributed by atoms with Crippen molar-refractivity contribution in [1.82, 2.24) is 4.98 Å². The Labute approximate surface area is 143 Å². The van der Waals surface area contributed by atoms with Gasteiger partial charge in [-0.1, -0.05) is 18.2 Å². The molecule has 0 unspecified atom stereocenters. The molecular weight excluding hydrogens is 324 g/mol. The summed E-state index contributed by atoms with van der Waals surface area (Å²) in [6.07, 6.45) is 0. The molecule has 122 valence electrons. The summed E-state index contributed by atoms with van der Waals surface area (Å²) in [6.45, 7) is 3.51. The first-order valence-electron chi connectivity index (χ1n) is 7.41. The fraction of sp³-hybridized carbons (Fsp3) is 0.167. The molecule has 1 aromatic heterocycles. The van der Waals surface area contributed by atoms with Crippen molar-refractivity contribution < 1.29 is 14.3 Å². The van der Waals surface area contributed by atoms with E-state index in [-0.39, 0.29) is 12.5 Å². The molecule has 0 atom stereocenters. The number of nitrogens with one attached hydrogen (secondary N) is 1. The van der Waals surface area contributed by atoms with Crippen LogP contribution in [0.15, 0.2) is 41.9 Å². The summed E-state index contributed by atoms with van der Waals surface area (Å²) < 4.78 is 6.01. The molecule has 0 fully saturated rings. The molecule has 1 amide bonds. The number of rotatable bonds is 4. The van der Waals surface area contributed by atoms with Gasteiger partial charge in [0.1, 0.15) is 0 Å². The van der Waals surface area contributed by atoms with Crippen LogP contribution in [0.1, 0.15) is 21.5 Å². The van der Waals surface area contributed by atoms with Gasteiger partial charge in [0.15, 0.2) is 6.61 Å². The van der Waals surface area contributed by atoms with Gasteiger partial charge in [-0.25, -0.2) is 9.78 Å². The number of carbonyl (C=O) groups excluding carboxylic acids is 2. The Kier molecular flexibility index (Phi) is 4.57. The average molecular weight is 340 g/mol. The molecule has 24 heavy (non-hydrogen) atoms. The number of benzene rings is 2. The number of carbonyl (C=O) groups is 2. The van der Waals surface area contributed by atoms with E-state index in [1.165, 1.54) is 11.3 Å². The summed E-state index contributed by atoms with van der Waals surface area (Å²) in [6, 6.07) is 10.9. The highest BCUT2D eigenvalue weighted by Gasteiger charge is 2.13. The van der Waals surface area contributed by atoms with Crippen LogP contribution in [-0.4, -0.2) is 23.5 Å². The van der Waals surface area contributed by atoms with Crippen LogP contribution in [0.2, 0.25) is 0 Å². The second-order valence-electron chi connectivity index (χ2n) is 5.43. The summed E-state index contributed by atoms with van der Waals surface area (Å²) in [4.78, 5) is 28.3. The smallest absolute Gasteiger partial charge is 0.338 e. The van der Waals surface area contributed by atoms with Gasteiger partial charge >= 0.3 is 5.97 Å². The van der Waals surface area contributed by atoms with Crippen molar-refractivity contribution >= 4 is 39.1 Å². The standard InChI is InChI=1S/C18H16N2O3S/c1-11-4-3-5-12(2)17(11)20-16(21)9-23-18(22)13-6-7-14-15(8-13)24-10-19-14/h3-8,10H,9H2,1-2H3,(H,20,21). The number of fused-ring (bicyclic) bond motifs is 1. The van der Waals surface area contributed by atoms with Crippen LogP contribution in [-0.2, 0) is 9.53 Å². The summed E-state index contributed by atoms with van der Waals surface area (Å²) in [7, 11) is 0. The van der Waals surface area contributed by atoms with Gasteiger partial charge in [0.25, 0.3) is 5.91 Å². The second-order valence-corrected chi connectivity index (χ2v) is 6.31. The number of aryl methyl sites for hydroxylation is 2. The Morgan fingerprint density at radius 1 is 1.17 bits per heavy atom. The number of amides is 1. The summed E-state index contributed by atoms with van der Waals surface area (Å²) in [5, 5.41) is 2.79. The Hall–Kier alpha value is -2.73. The Bertz CT molecular complexity index is 897. The maximum absolute atomic E-state index is 12.1. The topological polar surface area (TPSA) is 68.3 Å². The van der Waals surface area contributed by atoms with E-state index in [1.807, 2.05) is 32.0 Å². The largest absolute Gasteiger partial charge is 0.452 e. The van der Waals surface area contributed by atoms with Gasteiger partial charge in [-0.05, 0) is 43.2 Å². The number of aromatic nitrogens is 1. The first kappa shape index (κ1) is 16.1. The van der Waals surface area contributed by atoms with Gasteiger partial charge in [0, 0.05) is 5.69 Å². The van der Waals surface area contributed by atoms with Crippen molar-refractivity contribution in [2.75, 3.05) is 11.9 Å². The molecule has 1 N–H and O–H groups in total. The first-order chi connectivity index (χ1) is 11.5. The molecule has 0 spiro atoms. The molecule has 0 radical (unpaired) electrons. The zero-order chi connectivity index (χ0) is 17.1. The molecule has 0 saturated carbocycles. The number of anilines is 1. The Morgan fingerprint density at radius 2 is 1.92 bits per heavy atom. The van der Waals surface area contributed by atoms with Gasteiger partial charge < -0.3 is 10.1 Å². The van der Waals surface area contributed by atoms with Crippen LogP contribution in [0, 0.1) is 13.8 Å². The molecule has 2 aromatic carbocycles. The molecule has 0 aliphatic carbocycles. The number of hydrogen-bond donors (Lipinski definition) is 1. The van der Waals surface area contributed by atoms with Gasteiger partial charge in [-0.2, -0.15) is 0 Å². The van der Waals surface area contributed by atoms with Gasteiger partial charge in [-0.15, -0.1) is 11.3 Å². The van der Waals surface area contributed by atoms with Gasteiger partial charge in [0.2, 0.25) is 0 Å². The van der Waals surface area contributed by atoms with E-state index in [9.17, 15) is 9.59 Å². The number of esters is 1. The molecule has 5 nitrogen and oxygen atoms in total. The Morgan fingerprint density at radius 3 is 2.67 bits per heavy atom. The number of nitrogens with zero attached hydrogens (tertiary/aromatic N) is 1. The van der Waals surface area contributed by atoms with Crippen LogP contribution >= 0.6 is 11.3 Å². The SMILES string of the molecule is Cc1cccc(C)c1NC(=O)COC(=O)c1ccc2ncsc2c1. The molecule has 3 aromatic rings. The second kappa shape index (κ2) is 6.80. The third kappa shape index (κ3) is 3.44. The highest BCUT2D eigenvalue weighted by molar-refractivity contribution is 7.16. The summed E-state index contributed by atoms with van der Waals surface area (Å²) in [5.41, 5.74) is 5.65. The molecule has 6 heteroatoms. The van der Waals surface area contributed by atoms with Crippen molar-refractivity contribution in [1.29, 1.82) is 0 Å². The van der Waals surface area contributed by atoms with E-state index >= 15 is 0 Å². The maximum atomic E-state index is 12.1. The minimum atomic E-state index is -0.526. The lowest BCUT2D eigenvalue weighted by atomic mass is 10.1. The van der Waals surface area contributed by atoms with Gasteiger partial charge in [0.05, 0.1) is 21.3 Å². The molecule has 3 rings (SSSR count). The van der Waals surface area contributed by atoms with Crippen molar-refractivity contribution in [3.63, 3.8) is 0 Å². The number of thiazole rings is 1. The highest BCUT2D eigenvalue weighted by atomic mass is 32.1. The van der Waals surface area contributed by atoms with Crippen LogP contribution in [0.25, 0.3) is 10.2 Å². The molecule has 0 bridgehead atoms. The molecular formula is C18H16N2O3S. The first-order valence-corrected chi connectivity index (χ1v) is 8.29. The van der Waals surface area contributed by atoms with Crippen molar-refractivity contribution in [3.05, 3.63) is 58.6 Å². The fourth-order valence-electron chi connectivity index (χ4n) is 2.38. The van der Waals surface area contributed by atoms with Crippen molar-refractivity contribution in [3.8, 4) is 0 Å². The monoisotopic (exact) mass is 340 g/mol. The van der Waals surface area contributed by atoms with E-state index in [2.05, 4.69) is 10.3 Å². The van der Waals surface area contributed by atoms with Crippen LogP contribution < -0.4 is 5.32 Å². The fourth-order valence-corrected chi connectivity index (χ4v) is 3.10. The number of para-hydroxylation sites is 1. The lowest BCUT2D eigenvalue weighted by Gasteiger charge is -2.11. The van der Waals surface area contributed by atoms with Crippen LogP contribution in [0.4, 0.5) is 5.69 Å². The molecule has 0 aliphatic heterocycles. The van der Waals surface area contributed by atoms with Gasteiger partial charge in [-0.3, -0.25) is 4.79 Å². The van der Waals surface area contributed by atoms with E-state index in [4.69, 9.17) is 4.74 Å². The van der Waals surface area contributed by atoms with Crippen LogP contribution in [0.5, 0.6) is 0 Å². The minimum absolute atomic E-state index is 0.326. The van der Waals surface area contributed by atoms with E-state index in [1.54, 1.807) is 23.7 Å². The molecule has 0 saturated heterocycles.